The normalized spacial score (nSPS) is 11.7. The smallest absolute Gasteiger partial charge is 0.0868 e. The van der Waals surface area contributed by atoms with Gasteiger partial charge >= 0.3 is 0 Å². The van der Waals surface area contributed by atoms with Crippen molar-refractivity contribution in [2.24, 2.45) is 5.73 Å². The molecule has 0 fully saturated rings. The lowest BCUT2D eigenvalue weighted by atomic mass is 10.1. The van der Waals surface area contributed by atoms with E-state index in [1.54, 1.807) is 7.11 Å². The van der Waals surface area contributed by atoms with E-state index in [-0.39, 0.29) is 0 Å². The third kappa shape index (κ3) is 8.36. The Kier molecular flexibility index (Phi) is 10.7. The zero-order chi connectivity index (χ0) is 16.0. The molecule has 0 aliphatic carbocycles. The number of hydrogen-bond acceptors (Lipinski definition) is 5. The molecule has 3 N–H and O–H groups in total. The molecule has 1 aromatic rings. The van der Waals surface area contributed by atoms with Crippen molar-refractivity contribution >= 4 is 17.3 Å². The number of nitrogens with two attached hydrogens (primary N) is 1. The summed E-state index contributed by atoms with van der Waals surface area (Å²) in [4.78, 5) is 5.32. The van der Waals surface area contributed by atoms with Crippen LogP contribution in [0.15, 0.2) is 30.3 Å². The van der Waals surface area contributed by atoms with Crippen molar-refractivity contribution in [1.82, 2.24) is 5.48 Å². The number of hydrogen-bond donors (Lipinski definition) is 2. The van der Waals surface area contributed by atoms with Crippen molar-refractivity contribution in [3.05, 3.63) is 40.9 Å². The van der Waals surface area contributed by atoms with Gasteiger partial charge in [0, 0.05) is 25.3 Å². The minimum Gasteiger partial charge on any atom is -0.382 e. The minimum atomic E-state index is 0.449. The largest absolute Gasteiger partial charge is 0.382 e. The molecule has 0 unspecified atom stereocenters. The van der Waals surface area contributed by atoms with Crippen molar-refractivity contribution in [1.29, 1.82) is 0 Å². The Balaban J connectivity index is 2.46. The van der Waals surface area contributed by atoms with Crippen molar-refractivity contribution in [3.8, 4) is 0 Å². The summed E-state index contributed by atoms with van der Waals surface area (Å²) < 4.78 is 10.4. The standard InChI is InChI=1S/C16H25ClN2O3/c1-20-12-13-21-10-3-2-4-16(19-22-11-9-18)14-5-7-15(17)8-6-14/h4-8,19H,2-3,9-13,18H2,1H3. The Labute approximate surface area is 137 Å². The number of halogens is 1. The summed E-state index contributed by atoms with van der Waals surface area (Å²) in [5, 5.41) is 0.706. The van der Waals surface area contributed by atoms with E-state index in [0.29, 0.717) is 38.0 Å². The van der Waals surface area contributed by atoms with E-state index in [2.05, 4.69) is 11.6 Å². The van der Waals surface area contributed by atoms with Crippen molar-refractivity contribution < 1.29 is 14.3 Å². The lowest BCUT2D eigenvalue weighted by Crippen LogP contribution is -2.18. The second-order valence-electron chi connectivity index (χ2n) is 4.61. The third-order valence-electron chi connectivity index (χ3n) is 2.83. The number of allylic oxidation sites excluding steroid dienone is 1. The van der Waals surface area contributed by atoms with Crippen LogP contribution in [0.3, 0.4) is 0 Å². The van der Waals surface area contributed by atoms with Crippen LogP contribution in [0.1, 0.15) is 18.4 Å². The highest BCUT2D eigenvalue weighted by Gasteiger charge is 2.01. The average Bonchev–Trinajstić information content (AvgIpc) is 2.53. The van der Waals surface area contributed by atoms with Gasteiger partial charge in [0.05, 0.1) is 25.5 Å². The maximum absolute atomic E-state index is 5.92. The van der Waals surface area contributed by atoms with Gasteiger partial charge in [-0.05, 0) is 30.5 Å². The predicted molar refractivity (Wildman–Crippen MR) is 89.5 cm³/mol. The quantitative estimate of drug-likeness (QED) is 0.456. The number of ether oxygens (including phenoxy) is 2. The summed E-state index contributed by atoms with van der Waals surface area (Å²) in [5.41, 5.74) is 10.3. The monoisotopic (exact) mass is 328 g/mol. The van der Waals surface area contributed by atoms with Crippen molar-refractivity contribution in [2.75, 3.05) is 40.1 Å². The molecule has 0 heterocycles. The first-order chi connectivity index (χ1) is 10.8. The first-order valence-corrected chi connectivity index (χ1v) is 7.76. The van der Waals surface area contributed by atoms with Crippen LogP contribution in [0.2, 0.25) is 5.02 Å². The molecule has 0 radical (unpaired) electrons. The lowest BCUT2D eigenvalue weighted by molar-refractivity contribution is 0.0696. The molecular weight excluding hydrogens is 304 g/mol. The van der Waals surface area contributed by atoms with E-state index in [0.717, 1.165) is 24.1 Å². The third-order valence-corrected chi connectivity index (χ3v) is 3.08. The van der Waals surface area contributed by atoms with E-state index < -0.39 is 0 Å². The van der Waals surface area contributed by atoms with Crippen LogP contribution in [0.25, 0.3) is 5.70 Å². The fourth-order valence-electron chi connectivity index (χ4n) is 1.71. The lowest BCUT2D eigenvalue weighted by Gasteiger charge is -2.11. The molecule has 0 atom stereocenters. The van der Waals surface area contributed by atoms with Crippen LogP contribution < -0.4 is 11.2 Å². The Morgan fingerprint density at radius 2 is 1.95 bits per heavy atom. The van der Waals surface area contributed by atoms with Gasteiger partial charge in [-0.3, -0.25) is 10.3 Å². The Hall–Kier alpha value is -1.11. The molecule has 0 amide bonds. The SMILES string of the molecule is COCCOCCCC=C(NOCCN)c1ccc(Cl)cc1. The van der Waals surface area contributed by atoms with Crippen LogP contribution in [0.5, 0.6) is 0 Å². The fourth-order valence-corrected chi connectivity index (χ4v) is 1.84. The zero-order valence-electron chi connectivity index (χ0n) is 13.0. The molecule has 0 saturated heterocycles. The van der Waals surface area contributed by atoms with Gasteiger partial charge in [0.1, 0.15) is 0 Å². The molecule has 0 aliphatic heterocycles. The first kappa shape index (κ1) is 18.9. The van der Waals surface area contributed by atoms with E-state index in [1.807, 2.05) is 24.3 Å². The topological polar surface area (TPSA) is 65.7 Å². The summed E-state index contributed by atoms with van der Waals surface area (Å²) in [6.07, 6.45) is 3.89. The molecule has 124 valence electrons. The van der Waals surface area contributed by atoms with Gasteiger partial charge in [-0.1, -0.05) is 29.8 Å². The summed E-state index contributed by atoms with van der Waals surface area (Å²) in [5.74, 6) is 0. The number of methoxy groups -OCH3 is 1. The molecule has 0 saturated carbocycles. The molecule has 22 heavy (non-hydrogen) atoms. The van der Waals surface area contributed by atoms with Gasteiger partial charge in [0.15, 0.2) is 0 Å². The second kappa shape index (κ2) is 12.4. The maximum Gasteiger partial charge on any atom is 0.0868 e. The van der Waals surface area contributed by atoms with E-state index >= 15 is 0 Å². The van der Waals surface area contributed by atoms with E-state index in [1.165, 1.54) is 0 Å². The second-order valence-corrected chi connectivity index (χ2v) is 5.05. The maximum atomic E-state index is 5.92. The zero-order valence-corrected chi connectivity index (χ0v) is 13.8. The number of nitrogens with one attached hydrogen (secondary N) is 1. The summed E-state index contributed by atoms with van der Waals surface area (Å²) in [7, 11) is 1.66. The van der Waals surface area contributed by atoms with Gasteiger partial charge in [0.25, 0.3) is 0 Å². The molecule has 1 aromatic carbocycles. The first-order valence-electron chi connectivity index (χ1n) is 7.38. The van der Waals surface area contributed by atoms with Crippen LogP contribution in [-0.4, -0.2) is 40.1 Å². The molecule has 0 spiro atoms. The van der Waals surface area contributed by atoms with Crippen LogP contribution >= 0.6 is 11.6 Å². The van der Waals surface area contributed by atoms with Crippen LogP contribution in [-0.2, 0) is 14.3 Å². The highest BCUT2D eigenvalue weighted by molar-refractivity contribution is 6.30. The molecule has 5 nitrogen and oxygen atoms in total. The minimum absolute atomic E-state index is 0.449. The Bertz CT molecular complexity index is 424. The number of unbranched alkanes of at least 4 members (excludes halogenated alkanes) is 1. The van der Waals surface area contributed by atoms with Gasteiger partial charge in [-0.25, -0.2) is 0 Å². The molecular formula is C16H25ClN2O3. The summed E-state index contributed by atoms with van der Waals surface area (Å²) in [6, 6.07) is 7.59. The van der Waals surface area contributed by atoms with Gasteiger partial charge in [-0.2, -0.15) is 0 Å². The molecule has 0 bridgehead atoms. The fraction of sp³-hybridized carbons (Fsp3) is 0.500. The molecule has 0 aromatic heterocycles. The van der Waals surface area contributed by atoms with Crippen molar-refractivity contribution in [3.63, 3.8) is 0 Å². The summed E-state index contributed by atoms with van der Waals surface area (Å²) in [6.45, 7) is 2.87. The molecule has 6 heteroatoms. The van der Waals surface area contributed by atoms with Gasteiger partial charge in [-0.15, -0.1) is 0 Å². The van der Waals surface area contributed by atoms with Gasteiger partial charge < -0.3 is 15.2 Å². The Morgan fingerprint density at radius 3 is 2.64 bits per heavy atom. The van der Waals surface area contributed by atoms with Crippen LogP contribution in [0, 0.1) is 0 Å². The predicted octanol–water partition coefficient (Wildman–Crippen LogP) is 2.60. The number of hydroxylamine groups is 1. The van der Waals surface area contributed by atoms with Crippen molar-refractivity contribution in [2.45, 2.75) is 12.8 Å². The molecule has 0 aliphatic rings. The van der Waals surface area contributed by atoms with Gasteiger partial charge in [0.2, 0.25) is 0 Å². The summed E-state index contributed by atoms with van der Waals surface area (Å²) >= 11 is 5.92. The average molecular weight is 329 g/mol. The number of rotatable bonds is 12. The molecule has 1 rings (SSSR count). The Morgan fingerprint density at radius 1 is 1.18 bits per heavy atom. The number of benzene rings is 1. The van der Waals surface area contributed by atoms with E-state index in [9.17, 15) is 0 Å². The van der Waals surface area contributed by atoms with Crippen LogP contribution in [0.4, 0.5) is 0 Å². The van der Waals surface area contributed by atoms with E-state index in [4.69, 9.17) is 31.6 Å². The highest BCUT2D eigenvalue weighted by atomic mass is 35.5. The highest BCUT2D eigenvalue weighted by Crippen LogP contribution is 2.16.